The van der Waals surface area contributed by atoms with Crippen molar-refractivity contribution in [2.75, 3.05) is 11.1 Å². The summed E-state index contributed by atoms with van der Waals surface area (Å²) in [5.41, 5.74) is 0.850. The van der Waals surface area contributed by atoms with Crippen molar-refractivity contribution in [1.29, 1.82) is 0 Å². The molecule has 0 unspecified atom stereocenters. The maximum Gasteiger partial charge on any atom is 0.225 e. The molecule has 0 saturated heterocycles. The number of benzene rings is 2. The zero-order valence-corrected chi connectivity index (χ0v) is 12.1. The van der Waals surface area contributed by atoms with Crippen LogP contribution >= 0.6 is 24.4 Å². The molecular weight excluding hydrogens is 274 g/mol. The highest BCUT2D eigenvalue weighted by Gasteiger charge is 2.07. The molecule has 0 aliphatic heterocycles. The van der Waals surface area contributed by atoms with Crippen molar-refractivity contribution in [3.63, 3.8) is 0 Å². The van der Waals surface area contributed by atoms with E-state index in [0.717, 1.165) is 15.5 Å². The fourth-order valence-electron chi connectivity index (χ4n) is 1.59. The van der Waals surface area contributed by atoms with Gasteiger partial charge in [0.1, 0.15) is 0 Å². The molecule has 0 saturated carbocycles. The van der Waals surface area contributed by atoms with Crippen LogP contribution < -0.4 is 5.32 Å². The number of hydrogen-bond acceptors (Lipinski definition) is 3. The van der Waals surface area contributed by atoms with Crippen LogP contribution in [-0.2, 0) is 4.79 Å². The number of amides is 1. The third-order valence-corrected chi connectivity index (χ3v) is 3.78. The molecule has 4 heteroatoms. The molecule has 0 bridgehead atoms. The molecule has 19 heavy (non-hydrogen) atoms. The first-order valence-electron chi connectivity index (χ1n) is 6.02. The second-order valence-corrected chi connectivity index (χ2v) is 5.50. The Kier molecular flexibility index (Phi) is 5.36. The van der Waals surface area contributed by atoms with E-state index in [-0.39, 0.29) is 5.91 Å². The van der Waals surface area contributed by atoms with Crippen LogP contribution in [0.3, 0.4) is 0 Å². The molecule has 2 aromatic rings. The summed E-state index contributed by atoms with van der Waals surface area (Å²) in [5, 5.41) is 2.92. The minimum Gasteiger partial charge on any atom is -0.325 e. The van der Waals surface area contributed by atoms with E-state index in [0.29, 0.717) is 12.2 Å². The predicted molar refractivity (Wildman–Crippen MR) is 84.1 cm³/mol. The van der Waals surface area contributed by atoms with Gasteiger partial charge in [0.15, 0.2) is 0 Å². The Morgan fingerprint density at radius 1 is 1.05 bits per heavy atom. The van der Waals surface area contributed by atoms with Crippen molar-refractivity contribution < 1.29 is 4.79 Å². The molecule has 1 N–H and O–H groups in total. The van der Waals surface area contributed by atoms with Crippen molar-refractivity contribution in [3.8, 4) is 0 Å². The predicted octanol–water partition coefficient (Wildman–Crippen LogP) is 4.10. The topological polar surface area (TPSA) is 29.1 Å². The lowest BCUT2D eigenvalue weighted by atomic mass is 10.3. The Hall–Kier alpha value is -1.39. The molecule has 0 heterocycles. The molecule has 0 spiro atoms. The van der Waals surface area contributed by atoms with Crippen LogP contribution in [0.5, 0.6) is 0 Å². The molecule has 0 atom stereocenters. The SMILES string of the molecule is O=C(CCS)Nc1ccccc1Sc1ccccc1. The van der Waals surface area contributed by atoms with Crippen LogP contribution in [0.15, 0.2) is 64.4 Å². The van der Waals surface area contributed by atoms with Gasteiger partial charge in [-0.05, 0) is 30.0 Å². The van der Waals surface area contributed by atoms with E-state index >= 15 is 0 Å². The lowest BCUT2D eigenvalue weighted by Gasteiger charge is -2.10. The van der Waals surface area contributed by atoms with Crippen LogP contribution in [-0.4, -0.2) is 11.7 Å². The molecular formula is C15H15NOS2. The molecule has 0 radical (unpaired) electrons. The number of carbonyl (C=O) groups is 1. The van der Waals surface area contributed by atoms with Crippen LogP contribution in [0.1, 0.15) is 6.42 Å². The van der Waals surface area contributed by atoms with Crippen LogP contribution in [0.4, 0.5) is 5.69 Å². The van der Waals surface area contributed by atoms with Gasteiger partial charge in [-0.25, -0.2) is 0 Å². The number of carbonyl (C=O) groups excluding carboxylic acids is 1. The van der Waals surface area contributed by atoms with Crippen molar-refractivity contribution in [2.45, 2.75) is 16.2 Å². The van der Waals surface area contributed by atoms with E-state index in [1.54, 1.807) is 11.8 Å². The molecule has 0 aliphatic carbocycles. The van der Waals surface area contributed by atoms with Gasteiger partial charge in [0.25, 0.3) is 0 Å². The number of hydrogen-bond donors (Lipinski definition) is 2. The Labute approximate surface area is 123 Å². The number of nitrogens with one attached hydrogen (secondary N) is 1. The fourth-order valence-corrected chi connectivity index (χ4v) is 2.71. The number of para-hydroxylation sites is 1. The molecule has 0 fully saturated rings. The largest absolute Gasteiger partial charge is 0.325 e. The smallest absolute Gasteiger partial charge is 0.225 e. The maximum absolute atomic E-state index is 11.6. The maximum atomic E-state index is 11.6. The first kappa shape index (κ1) is 14.0. The van der Waals surface area contributed by atoms with Crippen molar-refractivity contribution in [1.82, 2.24) is 0 Å². The summed E-state index contributed by atoms with van der Waals surface area (Å²) in [6, 6.07) is 17.9. The van der Waals surface area contributed by atoms with E-state index in [9.17, 15) is 4.79 Å². The summed E-state index contributed by atoms with van der Waals surface area (Å²) < 4.78 is 0. The van der Waals surface area contributed by atoms with Gasteiger partial charge in [0, 0.05) is 16.2 Å². The minimum atomic E-state index is -0.00360. The molecule has 98 valence electrons. The molecule has 1 amide bonds. The standard InChI is InChI=1S/C15H15NOS2/c17-15(10-11-18)16-13-8-4-5-9-14(13)19-12-6-2-1-3-7-12/h1-9,18H,10-11H2,(H,16,17). The summed E-state index contributed by atoms with van der Waals surface area (Å²) in [5.74, 6) is 0.552. The number of anilines is 1. The van der Waals surface area contributed by atoms with Crippen LogP contribution in [0.25, 0.3) is 0 Å². The third-order valence-electron chi connectivity index (χ3n) is 2.47. The Morgan fingerprint density at radius 2 is 1.74 bits per heavy atom. The number of thiol groups is 1. The normalized spacial score (nSPS) is 10.2. The van der Waals surface area contributed by atoms with Crippen molar-refractivity contribution >= 4 is 36.0 Å². The molecule has 0 aliphatic rings. The Balaban J connectivity index is 2.14. The minimum absolute atomic E-state index is 0.00360. The molecule has 2 rings (SSSR count). The highest BCUT2D eigenvalue weighted by atomic mass is 32.2. The van der Waals surface area contributed by atoms with Gasteiger partial charge in [0.05, 0.1) is 5.69 Å². The zero-order valence-electron chi connectivity index (χ0n) is 10.4. The van der Waals surface area contributed by atoms with Gasteiger partial charge in [-0.2, -0.15) is 12.6 Å². The van der Waals surface area contributed by atoms with Gasteiger partial charge in [-0.1, -0.05) is 42.1 Å². The van der Waals surface area contributed by atoms with E-state index in [1.807, 2.05) is 42.5 Å². The summed E-state index contributed by atoms with van der Waals surface area (Å²) in [7, 11) is 0. The molecule has 2 aromatic carbocycles. The van der Waals surface area contributed by atoms with E-state index in [2.05, 4.69) is 30.1 Å². The van der Waals surface area contributed by atoms with Gasteiger partial charge < -0.3 is 5.32 Å². The highest BCUT2D eigenvalue weighted by molar-refractivity contribution is 7.99. The summed E-state index contributed by atoms with van der Waals surface area (Å²) in [6.07, 6.45) is 0.424. The lowest BCUT2D eigenvalue weighted by molar-refractivity contribution is -0.115. The second kappa shape index (κ2) is 7.26. The van der Waals surface area contributed by atoms with E-state index < -0.39 is 0 Å². The second-order valence-electron chi connectivity index (χ2n) is 3.93. The van der Waals surface area contributed by atoms with Gasteiger partial charge in [-0.3, -0.25) is 4.79 Å². The third kappa shape index (κ3) is 4.33. The lowest BCUT2D eigenvalue weighted by Crippen LogP contribution is -2.12. The quantitative estimate of drug-likeness (QED) is 0.812. The zero-order chi connectivity index (χ0) is 13.5. The average molecular weight is 289 g/mol. The molecule has 0 aromatic heterocycles. The first-order chi connectivity index (χ1) is 9.29. The van der Waals surface area contributed by atoms with Crippen LogP contribution in [0, 0.1) is 0 Å². The van der Waals surface area contributed by atoms with Crippen LogP contribution in [0.2, 0.25) is 0 Å². The fraction of sp³-hybridized carbons (Fsp3) is 0.133. The highest BCUT2D eigenvalue weighted by Crippen LogP contribution is 2.33. The summed E-state index contributed by atoms with van der Waals surface area (Å²) in [6.45, 7) is 0. The van der Waals surface area contributed by atoms with Gasteiger partial charge in [0.2, 0.25) is 5.91 Å². The monoisotopic (exact) mass is 289 g/mol. The van der Waals surface area contributed by atoms with E-state index in [1.165, 1.54) is 0 Å². The van der Waals surface area contributed by atoms with Gasteiger partial charge in [-0.15, -0.1) is 0 Å². The number of rotatable bonds is 5. The average Bonchev–Trinajstić information content (AvgIpc) is 2.42. The Bertz CT molecular complexity index is 543. The summed E-state index contributed by atoms with van der Waals surface area (Å²) >= 11 is 5.71. The first-order valence-corrected chi connectivity index (χ1v) is 7.47. The van der Waals surface area contributed by atoms with Gasteiger partial charge >= 0.3 is 0 Å². The van der Waals surface area contributed by atoms with E-state index in [4.69, 9.17) is 0 Å². The van der Waals surface area contributed by atoms with Crippen molar-refractivity contribution in [3.05, 3.63) is 54.6 Å². The Morgan fingerprint density at radius 3 is 2.47 bits per heavy atom. The molecule has 2 nitrogen and oxygen atoms in total. The summed E-state index contributed by atoms with van der Waals surface area (Å²) in [4.78, 5) is 13.8. The van der Waals surface area contributed by atoms with Crippen molar-refractivity contribution in [2.24, 2.45) is 0 Å².